The molecule has 31 heavy (non-hydrogen) atoms. The highest BCUT2D eigenvalue weighted by Gasteiger charge is 2.39. The molecule has 0 aromatic carbocycles. The van der Waals surface area contributed by atoms with Crippen molar-refractivity contribution in [2.24, 2.45) is 5.73 Å². The van der Waals surface area contributed by atoms with Crippen LogP contribution in [-0.4, -0.2) is 98.7 Å². The Morgan fingerprint density at radius 3 is 2.32 bits per heavy atom. The van der Waals surface area contributed by atoms with Crippen LogP contribution < -0.4 is 16.4 Å². The Labute approximate surface area is 183 Å². The summed E-state index contributed by atoms with van der Waals surface area (Å²) in [5.41, 5.74) is 5.63. The number of aliphatic carboxylic acids is 2. The molecule has 1 saturated heterocycles. The maximum absolute atomic E-state index is 13.1. The summed E-state index contributed by atoms with van der Waals surface area (Å²) in [5, 5.41) is 32.2. The van der Waals surface area contributed by atoms with Crippen molar-refractivity contribution in [2.75, 3.05) is 18.6 Å². The van der Waals surface area contributed by atoms with E-state index in [0.29, 0.717) is 12.2 Å². The highest BCUT2D eigenvalue weighted by atomic mass is 32.2. The van der Waals surface area contributed by atoms with Gasteiger partial charge < -0.3 is 36.6 Å². The number of aliphatic hydroxyl groups is 1. The van der Waals surface area contributed by atoms with Crippen LogP contribution in [0.15, 0.2) is 0 Å². The van der Waals surface area contributed by atoms with E-state index in [2.05, 4.69) is 10.6 Å². The first kappa shape index (κ1) is 26.7. The minimum atomic E-state index is -1.63. The number of nitrogens with one attached hydrogen (secondary N) is 2. The summed E-state index contributed by atoms with van der Waals surface area (Å²) in [6.07, 6.45) is 0.921. The van der Waals surface area contributed by atoms with Crippen LogP contribution in [-0.2, 0) is 24.0 Å². The molecule has 1 heterocycles. The number of nitrogens with zero attached hydrogens (tertiary/aromatic N) is 1. The largest absolute Gasteiger partial charge is 0.481 e. The standard InChI is InChI=1S/C18H30N4O8S/c1-9(23)14(19)16(27)20-10(5-7-31-2)17(28)22-6-3-4-12(22)15(26)21-11(18(29)30)8-13(24)25/h9-12,14,23H,3-8,19H2,1-2H3,(H,20,27)(H,21,26)(H,24,25)(H,29,30)/t9-,10+,11+,12+,14+/m1/s1. The van der Waals surface area contributed by atoms with E-state index in [9.17, 15) is 29.1 Å². The van der Waals surface area contributed by atoms with Gasteiger partial charge in [0.05, 0.1) is 12.5 Å². The van der Waals surface area contributed by atoms with E-state index in [4.69, 9.17) is 15.9 Å². The first-order valence-electron chi connectivity index (χ1n) is 9.78. The number of hydrogen-bond acceptors (Lipinski definition) is 8. The lowest BCUT2D eigenvalue weighted by Gasteiger charge is -2.30. The fraction of sp³-hybridized carbons (Fsp3) is 0.722. The van der Waals surface area contributed by atoms with Crippen LogP contribution >= 0.6 is 11.8 Å². The Kier molecular flexibility index (Phi) is 10.7. The molecule has 0 radical (unpaired) electrons. The second-order valence-electron chi connectivity index (χ2n) is 7.30. The lowest BCUT2D eigenvalue weighted by atomic mass is 10.1. The van der Waals surface area contributed by atoms with E-state index in [-0.39, 0.29) is 19.4 Å². The smallest absolute Gasteiger partial charge is 0.326 e. The monoisotopic (exact) mass is 462 g/mol. The molecule has 5 atom stereocenters. The van der Waals surface area contributed by atoms with E-state index in [1.807, 2.05) is 6.26 Å². The topological polar surface area (TPSA) is 199 Å². The van der Waals surface area contributed by atoms with Gasteiger partial charge in [0.2, 0.25) is 17.7 Å². The Bertz CT molecular complexity index is 689. The van der Waals surface area contributed by atoms with Crippen LogP contribution in [0.4, 0.5) is 0 Å². The van der Waals surface area contributed by atoms with Gasteiger partial charge in [-0.05, 0) is 38.2 Å². The Morgan fingerprint density at radius 1 is 1.16 bits per heavy atom. The lowest BCUT2D eigenvalue weighted by molar-refractivity contribution is -0.148. The van der Waals surface area contributed by atoms with Gasteiger partial charge in [0.1, 0.15) is 24.2 Å². The second-order valence-corrected chi connectivity index (χ2v) is 8.28. The molecule has 176 valence electrons. The number of thioether (sulfide) groups is 1. The zero-order chi connectivity index (χ0) is 23.7. The summed E-state index contributed by atoms with van der Waals surface area (Å²) < 4.78 is 0. The molecule has 0 aromatic heterocycles. The van der Waals surface area contributed by atoms with Crippen LogP contribution in [0, 0.1) is 0 Å². The molecule has 0 bridgehead atoms. The minimum Gasteiger partial charge on any atom is -0.481 e. The molecule has 7 N–H and O–H groups in total. The molecule has 1 rings (SSSR count). The van der Waals surface area contributed by atoms with Crippen molar-refractivity contribution in [1.82, 2.24) is 15.5 Å². The molecule has 0 unspecified atom stereocenters. The second kappa shape index (κ2) is 12.5. The van der Waals surface area contributed by atoms with Crippen LogP contribution in [0.5, 0.6) is 0 Å². The number of amides is 3. The third kappa shape index (κ3) is 7.99. The minimum absolute atomic E-state index is 0.224. The van der Waals surface area contributed by atoms with Crippen LogP contribution in [0.3, 0.4) is 0 Å². The van der Waals surface area contributed by atoms with E-state index >= 15 is 0 Å². The fourth-order valence-electron chi connectivity index (χ4n) is 3.13. The first-order chi connectivity index (χ1) is 14.5. The first-order valence-corrected chi connectivity index (χ1v) is 11.2. The van der Waals surface area contributed by atoms with Gasteiger partial charge in [-0.2, -0.15) is 11.8 Å². The molecule has 1 aliphatic rings. The summed E-state index contributed by atoms with van der Waals surface area (Å²) in [6, 6.07) is -4.82. The number of nitrogens with two attached hydrogens (primary N) is 1. The average molecular weight is 463 g/mol. The third-order valence-electron chi connectivity index (χ3n) is 4.88. The normalized spacial score (nSPS) is 19.7. The number of aliphatic hydroxyl groups excluding tert-OH is 1. The molecule has 12 nitrogen and oxygen atoms in total. The van der Waals surface area contributed by atoms with Gasteiger partial charge in [-0.3, -0.25) is 19.2 Å². The van der Waals surface area contributed by atoms with Crippen molar-refractivity contribution in [3.05, 3.63) is 0 Å². The third-order valence-corrected chi connectivity index (χ3v) is 5.52. The molecule has 13 heteroatoms. The van der Waals surface area contributed by atoms with Gasteiger partial charge in [0.25, 0.3) is 0 Å². The Balaban J connectivity index is 2.94. The van der Waals surface area contributed by atoms with Gasteiger partial charge in [-0.15, -0.1) is 0 Å². The Hall–Kier alpha value is -2.38. The maximum Gasteiger partial charge on any atom is 0.326 e. The predicted molar refractivity (Wildman–Crippen MR) is 111 cm³/mol. The molecule has 0 spiro atoms. The molecular formula is C18H30N4O8S. The van der Waals surface area contributed by atoms with Crippen LogP contribution in [0.2, 0.25) is 0 Å². The molecule has 1 aliphatic heterocycles. The fourth-order valence-corrected chi connectivity index (χ4v) is 3.60. The van der Waals surface area contributed by atoms with E-state index in [1.54, 1.807) is 0 Å². The number of carboxylic acids is 2. The van der Waals surface area contributed by atoms with E-state index < -0.39 is 66.4 Å². The predicted octanol–water partition coefficient (Wildman–Crippen LogP) is -2.03. The Morgan fingerprint density at radius 2 is 1.81 bits per heavy atom. The lowest BCUT2D eigenvalue weighted by Crippen LogP contribution is -2.58. The number of carbonyl (C=O) groups is 5. The zero-order valence-corrected chi connectivity index (χ0v) is 18.3. The number of carboxylic acid groups (broad SMARTS) is 2. The SMILES string of the molecule is CSCC[C@H](NC(=O)[C@@H](N)[C@@H](C)O)C(=O)N1CCC[C@H]1C(=O)N[C@@H](CC(=O)O)C(=O)O. The van der Waals surface area contributed by atoms with Gasteiger partial charge >= 0.3 is 11.9 Å². The van der Waals surface area contributed by atoms with Crippen LogP contribution in [0.1, 0.15) is 32.6 Å². The molecule has 0 saturated carbocycles. The van der Waals surface area contributed by atoms with Gasteiger partial charge in [0, 0.05) is 6.54 Å². The summed E-state index contributed by atoms with van der Waals surface area (Å²) in [4.78, 5) is 61.3. The number of carbonyl (C=O) groups excluding carboxylic acids is 3. The molecule has 0 aliphatic carbocycles. The molecule has 0 aromatic rings. The van der Waals surface area contributed by atoms with Crippen molar-refractivity contribution in [3.8, 4) is 0 Å². The van der Waals surface area contributed by atoms with Crippen molar-refractivity contribution in [1.29, 1.82) is 0 Å². The maximum atomic E-state index is 13.1. The molecule has 3 amide bonds. The quantitative estimate of drug-likeness (QED) is 0.188. The number of rotatable bonds is 12. The highest BCUT2D eigenvalue weighted by molar-refractivity contribution is 7.98. The summed E-state index contributed by atoms with van der Waals surface area (Å²) in [5.74, 6) is -4.35. The van der Waals surface area contributed by atoms with E-state index in [0.717, 1.165) is 0 Å². The summed E-state index contributed by atoms with van der Waals surface area (Å²) >= 11 is 1.45. The van der Waals surface area contributed by atoms with Crippen LogP contribution in [0.25, 0.3) is 0 Å². The van der Waals surface area contributed by atoms with Crippen molar-refractivity contribution >= 4 is 41.4 Å². The van der Waals surface area contributed by atoms with Gasteiger partial charge in [-0.1, -0.05) is 0 Å². The number of hydrogen-bond donors (Lipinski definition) is 6. The number of likely N-dealkylation sites (tertiary alicyclic amines) is 1. The van der Waals surface area contributed by atoms with Gasteiger partial charge in [-0.25, -0.2) is 4.79 Å². The van der Waals surface area contributed by atoms with Crippen molar-refractivity contribution < 1.29 is 39.3 Å². The van der Waals surface area contributed by atoms with Crippen molar-refractivity contribution in [3.63, 3.8) is 0 Å². The van der Waals surface area contributed by atoms with Crippen molar-refractivity contribution in [2.45, 2.75) is 62.9 Å². The van der Waals surface area contributed by atoms with Gasteiger partial charge in [0.15, 0.2) is 0 Å². The summed E-state index contributed by atoms with van der Waals surface area (Å²) in [7, 11) is 0. The highest BCUT2D eigenvalue weighted by Crippen LogP contribution is 2.20. The average Bonchev–Trinajstić information content (AvgIpc) is 3.18. The van der Waals surface area contributed by atoms with E-state index in [1.165, 1.54) is 23.6 Å². The molecule has 1 fully saturated rings. The zero-order valence-electron chi connectivity index (χ0n) is 17.4. The molecular weight excluding hydrogens is 432 g/mol. The summed E-state index contributed by atoms with van der Waals surface area (Å²) in [6.45, 7) is 1.57.